The van der Waals surface area contributed by atoms with Crippen LogP contribution in [0.5, 0.6) is 0 Å². The fourth-order valence-corrected chi connectivity index (χ4v) is 6.94. The van der Waals surface area contributed by atoms with E-state index in [9.17, 15) is 31.2 Å². The molecule has 9 nitrogen and oxygen atoms in total. The Hall–Kier alpha value is -2.58. The first-order chi connectivity index (χ1) is 17.4. The van der Waals surface area contributed by atoms with Gasteiger partial charge in [-0.15, -0.1) is 0 Å². The Bertz CT molecular complexity index is 1220. The summed E-state index contributed by atoms with van der Waals surface area (Å²) in [6, 6.07) is -1.29. The van der Waals surface area contributed by atoms with E-state index in [0.29, 0.717) is 24.3 Å². The minimum absolute atomic E-state index is 0.0411. The van der Waals surface area contributed by atoms with Crippen LogP contribution in [-0.2, 0) is 39.0 Å². The zero-order chi connectivity index (χ0) is 27.3. The Morgan fingerprint density at radius 2 is 1.89 bits per heavy atom. The number of hydrogen-bond donors (Lipinski definition) is 2. The second kappa shape index (κ2) is 12.3. The molecule has 0 saturated carbocycles. The van der Waals surface area contributed by atoms with Crippen molar-refractivity contribution in [3.05, 3.63) is 53.1 Å². The van der Waals surface area contributed by atoms with Crippen LogP contribution < -0.4 is 10.6 Å². The summed E-state index contributed by atoms with van der Waals surface area (Å²) in [7, 11) is -2.62. The summed E-state index contributed by atoms with van der Waals surface area (Å²) in [5.41, 5.74) is -0.0297. The van der Waals surface area contributed by atoms with Crippen LogP contribution in [0.1, 0.15) is 31.4 Å². The molecule has 37 heavy (non-hydrogen) atoms. The van der Waals surface area contributed by atoms with Crippen LogP contribution in [0.15, 0.2) is 24.5 Å². The van der Waals surface area contributed by atoms with Crippen LogP contribution in [0.25, 0.3) is 0 Å². The fraction of sp³-hybridized carbons (Fsp3) is 0.522. The summed E-state index contributed by atoms with van der Waals surface area (Å²) in [4.78, 5) is 26.1. The highest BCUT2D eigenvalue weighted by Gasteiger charge is 2.39. The Kier molecular flexibility index (Phi) is 9.64. The van der Waals surface area contributed by atoms with Crippen molar-refractivity contribution in [1.82, 2.24) is 24.7 Å². The Morgan fingerprint density at radius 1 is 1.22 bits per heavy atom. The van der Waals surface area contributed by atoms with Gasteiger partial charge in [0.2, 0.25) is 21.8 Å². The molecular formula is C23H30F3N5O4S2. The van der Waals surface area contributed by atoms with Crippen LogP contribution in [-0.4, -0.2) is 64.5 Å². The highest BCUT2D eigenvalue weighted by molar-refractivity contribution is 7.99. The summed E-state index contributed by atoms with van der Waals surface area (Å²) in [6.45, 7) is 3.91. The maximum Gasteiger partial charge on any atom is 0.242 e. The molecule has 1 aromatic heterocycles. The quantitative estimate of drug-likeness (QED) is 0.459. The molecule has 1 aliphatic rings. The SMILES string of the molecule is CC(C)CC(NC(=O)C1CSCCN1S(=O)(=O)Cc1c(F)cc(F)cc1F)C(=O)NCc1cnn(C)c1. The molecule has 2 atom stereocenters. The summed E-state index contributed by atoms with van der Waals surface area (Å²) in [6.07, 6.45) is 3.65. The van der Waals surface area contributed by atoms with E-state index >= 15 is 0 Å². The lowest BCUT2D eigenvalue weighted by molar-refractivity contribution is -0.131. The predicted molar refractivity (Wildman–Crippen MR) is 133 cm³/mol. The molecule has 1 saturated heterocycles. The van der Waals surface area contributed by atoms with Crippen molar-refractivity contribution in [2.45, 2.75) is 44.6 Å². The first kappa shape index (κ1) is 29.0. The zero-order valence-corrected chi connectivity index (χ0v) is 22.3. The van der Waals surface area contributed by atoms with E-state index in [1.807, 2.05) is 13.8 Å². The molecule has 3 rings (SSSR count). The third-order valence-electron chi connectivity index (χ3n) is 5.74. The number of aromatic nitrogens is 2. The van der Waals surface area contributed by atoms with Gasteiger partial charge in [0.1, 0.15) is 29.5 Å². The van der Waals surface area contributed by atoms with E-state index in [-0.39, 0.29) is 24.8 Å². The van der Waals surface area contributed by atoms with E-state index in [1.165, 1.54) is 11.8 Å². The molecule has 2 heterocycles. The molecule has 2 N–H and O–H groups in total. The van der Waals surface area contributed by atoms with Gasteiger partial charge in [-0.2, -0.15) is 21.2 Å². The molecule has 1 aliphatic heterocycles. The van der Waals surface area contributed by atoms with E-state index in [2.05, 4.69) is 15.7 Å². The number of benzene rings is 1. The number of sulfonamides is 1. The minimum Gasteiger partial charge on any atom is -0.350 e. The maximum atomic E-state index is 14.1. The second-order valence-electron chi connectivity index (χ2n) is 9.24. The number of aryl methyl sites for hydroxylation is 1. The first-order valence-electron chi connectivity index (χ1n) is 11.6. The van der Waals surface area contributed by atoms with Crippen molar-refractivity contribution >= 4 is 33.6 Å². The molecule has 14 heteroatoms. The van der Waals surface area contributed by atoms with E-state index in [1.54, 1.807) is 24.1 Å². The molecule has 2 amide bonds. The van der Waals surface area contributed by atoms with Crippen molar-refractivity contribution in [1.29, 1.82) is 0 Å². The normalized spacial score (nSPS) is 17.5. The summed E-state index contributed by atoms with van der Waals surface area (Å²) < 4.78 is 70.3. The van der Waals surface area contributed by atoms with Crippen LogP contribution in [0, 0.1) is 23.4 Å². The van der Waals surface area contributed by atoms with Gasteiger partial charge in [0.25, 0.3) is 0 Å². The minimum atomic E-state index is -4.36. The van der Waals surface area contributed by atoms with Crippen LogP contribution in [0.2, 0.25) is 0 Å². The zero-order valence-electron chi connectivity index (χ0n) is 20.7. The number of nitrogens with zero attached hydrogens (tertiary/aromatic N) is 3. The van der Waals surface area contributed by atoms with Gasteiger partial charge in [-0.25, -0.2) is 21.6 Å². The van der Waals surface area contributed by atoms with Crippen molar-refractivity contribution in [3.63, 3.8) is 0 Å². The third kappa shape index (κ3) is 7.71. The molecule has 0 spiro atoms. The molecule has 2 aromatic rings. The van der Waals surface area contributed by atoms with Crippen LogP contribution in [0.3, 0.4) is 0 Å². The summed E-state index contributed by atoms with van der Waals surface area (Å²) in [5, 5.41) is 9.46. The van der Waals surface area contributed by atoms with Gasteiger partial charge in [-0.05, 0) is 12.3 Å². The Labute approximate surface area is 218 Å². The smallest absolute Gasteiger partial charge is 0.242 e. The molecule has 0 radical (unpaired) electrons. The molecule has 1 fully saturated rings. The van der Waals surface area contributed by atoms with Crippen LogP contribution >= 0.6 is 11.8 Å². The topological polar surface area (TPSA) is 113 Å². The highest BCUT2D eigenvalue weighted by atomic mass is 32.2. The van der Waals surface area contributed by atoms with Crippen molar-refractivity contribution in [2.75, 3.05) is 18.1 Å². The number of halogens is 3. The number of carbonyl (C=O) groups is 2. The first-order valence-corrected chi connectivity index (χ1v) is 14.4. The average molecular weight is 562 g/mol. The highest BCUT2D eigenvalue weighted by Crippen LogP contribution is 2.25. The number of hydrogen-bond acceptors (Lipinski definition) is 6. The molecule has 204 valence electrons. The third-order valence-corrected chi connectivity index (χ3v) is 8.56. The van der Waals surface area contributed by atoms with Gasteiger partial charge in [0.15, 0.2) is 0 Å². The summed E-state index contributed by atoms with van der Waals surface area (Å²) in [5.74, 6) is -5.48. The van der Waals surface area contributed by atoms with Crippen LogP contribution in [0.4, 0.5) is 13.2 Å². The van der Waals surface area contributed by atoms with E-state index < -0.39 is 62.7 Å². The van der Waals surface area contributed by atoms with Crippen molar-refractivity contribution in [3.8, 4) is 0 Å². The predicted octanol–water partition coefficient (Wildman–Crippen LogP) is 1.93. The second-order valence-corrected chi connectivity index (χ2v) is 12.3. The lowest BCUT2D eigenvalue weighted by Gasteiger charge is -2.34. The number of thioether (sulfide) groups is 1. The van der Waals surface area contributed by atoms with E-state index in [0.717, 1.165) is 9.87 Å². The summed E-state index contributed by atoms with van der Waals surface area (Å²) >= 11 is 1.35. The molecule has 1 aromatic carbocycles. The monoisotopic (exact) mass is 561 g/mol. The number of nitrogens with one attached hydrogen (secondary N) is 2. The average Bonchev–Trinajstić information content (AvgIpc) is 3.24. The van der Waals surface area contributed by atoms with Gasteiger partial charge in [-0.1, -0.05) is 13.8 Å². The number of amides is 2. The van der Waals surface area contributed by atoms with Gasteiger partial charge >= 0.3 is 0 Å². The number of carbonyl (C=O) groups excluding carboxylic acids is 2. The standard InChI is InChI=1S/C23H30F3N5O4S2/c1-14(2)6-20(22(32)27-9-15-10-28-30(3)11-15)29-23(33)21-12-36-5-4-31(21)37(34,35)13-17-18(25)7-16(24)8-19(17)26/h7-8,10-11,14,20-21H,4-6,9,12-13H2,1-3H3,(H,27,32)(H,29,33). The van der Waals surface area contributed by atoms with E-state index in [4.69, 9.17) is 0 Å². The lowest BCUT2D eigenvalue weighted by Crippen LogP contribution is -2.57. The van der Waals surface area contributed by atoms with Crippen molar-refractivity contribution < 1.29 is 31.2 Å². The maximum absolute atomic E-state index is 14.1. The Morgan fingerprint density at radius 3 is 2.49 bits per heavy atom. The van der Waals surface area contributed by atoms with Gasteiger partial charge in [0, 0.05) is 61.1 Å². The molecule has 0 bridgehead atoms. The number of rotatable bonds is 10. The Balaban J connectivity index is 1.75. The van der Waals surface area contributed by atoms with Gasteiger partial charge in [-0.3, -0.25) is 14.3 Å². The molecular weight excluding hydrogens is 531 g/mol. The van der Waals surface area contributed by atoms with Gasteiger partial charge in [0.05, 0.1) is 11.9 Å². The van der Waals surface area contributed by atoms with Crippen molar-refractivity contribution in [2.24, 2.45) is 13.0 Å². The van der Waals surface area contributed by atoms with Gasteiger partial charge < -0.3 is 10.6 Å². The largest absolute Gasteiger partial charge is 0.350 e. The molecule has 0 aliphatic carbocycles. The molecule has 2 unspecified atom stereocenters. The fourth-order valence-electron chi connectivity index (χ4n) is 3.95. The lowest BCUT2D eigenvalue weighted by atomic mass is 10.0.